The van der Waals surface area contributed by atoms with Crippen LogP contribution in [-0.4, -0.2) is 32.7 Å². The molecule has 0 aromatic heterocycles. The fourth-order valence-corrected chi connectivity index (χ4v) is 2.42. The number of halogens is 2. The molecule has 0 saturated carbocycles. The Balaban J connectivity index is 1.98. The lowest BCUT2D eigenvalue weighted by Gasteiger charge is -2.25. The zero-order chi connectivity index (χ0) is 14.6. The average molecular weight is 284 g/mol. The predicted octanol–water partition coefficient (Wildman–Crippen LogP) is 1.21. The molecule has 2 N–H and O–H groups in total. The average Bonchev–Trinajstić information content (AvgIpc) is 2.90. The third-order valence-electron chi connectivity index (χ3n) is 3.58. The molecule has 1 saturated heterocycles. The Morgan fingerprint density at radius 1 is 1.45 bits per heavy atom. The third-order valence-corrected chi connectivity index (χ3v) is 3.58. The van der Waals surface area contributed by atoms with Gasteiger partial charge >= 0.3 is 0 Å². The van der Waals surface area contributed by atoms with Crippen LogP contribution >= 0.6 is 0 Å². The SMILES string of the molecule is COCC1(C(=O)NCc2ccc(F)c(F)c2)CCNC1. The molecule has 1 unspecified atom stereocenters. The smallest absolute Gasteiger partial charge is 0.230 e. The maximum atomic E-state index is 13.1. The molecule has 1 atom stereocenters. The summed E-state index contributed by atoms with van der Waals surface area (Å²) in [6, 6.07) is 3.60. The minimum atomic E-state index is -0.911. The van der Waals surface area contributed by atoms with E-state index in [1.54, 1.807) is 7.11 Å². The van der Waals surface area contributed by atoms with Gasteiger partial charge in [0.15, 0.2) is 11.6 Å². The minimum absolute atomic E-state index is 0.130. The lowest BCUT2D eigenvalue weighted by molar-refractivity contribution is -0.133. The van der Waals surface area contributed by atoms with Gasteiger partial charge in [-0.2, -0.15) is 0 Å². The molecule has 4 nitrogen and oxygen atoms in total. The first-order valence-corrected chi connectivity index (χ1v) is 6.49. The fraction of sp³-hybridized carbons (Fsp3) is 0.500. The number of benzene rings is 1. The van der Waals surface area contributed by atoms with Gasteiger partial charge in [-0.25, -0.2) is 8.78 Å². The number of amides is 1. The van der Waals surface area contributed by atoms with Crippen molar-refractivity contribution in [2.24, 2.45) is 5.41 Å². The van der Waals surface area contributed by atoms with E-state index in [2.05, 4.69) is 10.6 Å². The highest BCUT2D eigenvalue weighted by Gasteiger charge is 2.41. The van der Waals surface area contributed by atoms with E-state index < -0.39 is 17.0 Å². The summed E-state index contributed by atoms with van der Waals surface area (Å²) in [6.07, 6.45) is 0.699. The number of methoxy groups -OCH3 is 1. The van der Waals surface area contributed by atoms with Gasteiger partial charge in [0.05, 0.1) is 12.0 Å². The first kappa shape index (κ1) is 14.9. The Hall–Kier alpha value is -1.53. The van der Waals surface area contributed by atoms with Gasteiger partial charge in [-0.1, -0.05) is 6.07 Å². The zero-order valence-corrected chi connectivity index (χ0v) is 11.3. The molecule has 1 heterocycles. The van der Waals surface area contributed by atoms with Gasteiger partial charge in [0.1, 0.15) is 0 Å². The molecule has 2 rings (SSSR count). The molecule has 20 heavy (non-hydrogen) atoms. The van der Waals surface area contributed by atoms with Gasteiger partial charge < -0.3 is 15.4 Å². The van der Waals surface area contributed by atoms with Crippen molar-refractivity contribution < 1.29 is 18.3 Å². The van der Waals surface area contributed by atoms with Gasteiger partial charge in [0.2, 0.25) is 5.91 Å². The third kappa shape index (κ3) is 3.13. The van der Waals surface area contributed by atoms with E-state index >= 15 is 0 Å². The Bertz CT molecular complexity index is 488. The first-order valence-electron chi connectivity index (χ1n) is 6.49. The van der Waals surface area contributed by atoms with Gasteiger partial charge in [0.25, 0.3) is 0 Å². The van der Waals surface area contributed by atoms with Crippen LogP contribution in [0.15, 0.2) is 18.2 Å². The van der Waals surface area contributed by atoms with Gasteiger partial charge in [-0.15, -0.1) is 0 Å². The highest BCUT2D eigenvalue weighted by Crippen LogP contribution is 2.26. The van der Waals surface area contributed by atoms with Crippen LogP contribution in [0.3, 0.4) is 0 Å². The minimum Gasteiger partial charge on any atom is -0.384 e. The van der Waals surface area contributed by atoms with Crippen molar-refractivity contribution >= 4 is 5.91 Å². The molecular formula is C14H18F2N2O2. The summed E-state index contributed by atoms with van der Waals surface area (Å²) in [5, 5.41) is 5.91. The van der Waals surface area contributed by atoms with Crippen molar-refractivity contribution in [3.05, 3.63) is 35.4 Å². The van der Waals surface area contributed by atoms with E-state index in [0.717, 1.165) is 18.7 Å². The molecule has 110 valence electrons. The molecule has 0 bridgehead atoms. The predicted molar refractivity (Wildman–Crippen MR) is 70.0 cm³/mol. The Morgan fingerprint density at radius 2 is 2.25 bits per heavy atom. The molecule has 1 fully saturated rings. The second-order valence-corrected chi connectivity index (χ2v) is 5.07. The van der Waals surface area contributed by atoms with Gasteiger partial charge in [-0.05, 0) is 30.7 Å². The standard InChI is InChI=1S/C14H18F2N2O2/c1-20-9-14(4-5-17-8-14)13(19)18-7-10-2-3-11(15)12(16)6-10/h2-3,6,17H,4-5,7-9H2,1H3,(H,18,19). The molecule has 0 spiro atoms. The van der Waals surface area contributed by atoms with Crippen LogP contribution in [-0.2, 0) is 16.1 Å². The Kier molecular flexibility index (Phi) is 4.67. The topological polar surface area (TPSA) is 50.4 Å². The lowest BCUT2D eigenvalue weighted by Crippen LogP contribution is -2.45. The van der Waals surface area contributed by atoms with Crippen molar-refractivity contribution in [2.75, 3.05) is 26.8 Å². The molecule has 1 aliphatic rings. The van der Waals surface area contributed by atoms with Crippen molar-refractivity contribution in [3.63, 3.8) is 0 Å². The van der Waals surface area contributed by atoms with Crippen LogP contribution in [0.25, 0.3) is 0 Å². The van der Waals surface area contributed by atoms with E-state index in [4.69, 9.17) is 4.74 Å². The zero-order valence-electron chi connectivity index (χ0n) is 11.3. The monoisotopic (exact) mass is 284 g/mol. The van der Waals surface area contributed by atoms with Crippen LogP contribution in [0.1, 0.15) is 12.0 Å². The largest absolute Gasteiger partial charge is 0.384 e. The number of hydrogen-bond acceptors (Lipinski definition) is 3. The highest BCUT2D eigenvalue weighted by molar-refractivity contribution is 5.83. The number of hydrogen-bond donors (Lipinski definition) is 2. The summed E-state index contributed by atoms with van der Waals surface area (Å²) in [7, 11) is 1.56. The molecule has 6 heteroatoms. The molecule has 1 amide bonds. The number of carbonyl (C=O) groups excluding carboxylic acids is 1. The first-order chi connectivity index (χ1) is 9.57. The molecule has 1 aromatic rings. The van der Waals surface area contributed by atoms with E-state index in [0.29, 0.717) is 25.1 Å². The maximum Gasteiger partial charge on any atom is 0.230 e. The van der Waals surface area contributed by atoms with E-state index in [-0.39, 0.29) is 12.5 Å². The molecular weight excluding hydrogens is 266 g/mol. The van der Waals surface area contributed by atoms with E-state index in [1.807, 2.05) is 0 Å². The molecule has 0 radical (unpaired) electrons. The van der Waals surface area contributed by atoms with E-state index in [9.17, 15) is 13.6 Å². The highest BCUT2D eigenvalue weighted by atomic mass is 19.2. The van der Waals surface area contributed by atoms with Gasteiger partial charge in [0, 0.05) is 20.2 Å². The molecule has 1 aliphatic heterocycles. The molecule has 0 aliphatic carbocycles. The number of carbonyl (C=O) groups is 1. The van der Waals surface area contributed by atoms with Crippen LogP contribution in [0.2, 0.25) is 0 Å². The van der Waals surface area contributed by atoms with Gasteiger partial charge in [-0.3, -0.25) is 4.79 Å². The summed E-state index contributed by atoms with van der Waals surface area (Å²) in [5.74, 6) is -1.93. The fourth-order valence-electron chi connectivity index (χ4n) is 2.42. The quantitative estimate of drug-likeness (QED) is 0.854. The maximum absolute atomic E-state index is 13.1. The van der Waals surface area contributed by atoms with Crippen molar-refractivity contribution in [2.45, 2.75) is 13.0 Å². The van der Waals surface area contributed by atoms with Crippen LogP contribution in [0, 0.1) is 17.0 Å². The van der Waals surface area contributed by atoms with Crippen molar-refractivity contribution in [1.82, 2.24) is 10.6 Å². The summed E-state index contributed by atoms with van der Waals surface area (Å²) in [5.41, 5.74) is -0.0522. The summed E-state index contributed by atoms with van der Waals surface area (Å²) in [6.45, 7) is 1.83. The normalized spacial score (nSPS) is 21.9. The van der Waals surface area contributed by atoms with Crippen molar-refractivity contribution in [1.29, 1.82) is 0 Å². The number of rotatable bonds is 5. The van der Waals surface area contributed by atoms with E-state index in [1.165, 1.54) is 6.07 Å². The number of ether oxygens (including phenoxy) is 1. The summed E-state index contributed by atoms with van der Waals surface area (Å²) >= 11 is 0. The Labute approximate surface area is 116 Å². The van der Waals surface area contributed by atoms with Crippen LogP contribution in [0.4, 0.5) is 8.78 Å². The number of nitrogens with one attached hydrogen (secondary N) is 2. The second-order valence-electron chi connectivity index (χ2n) is 5.07. The van der Waals surface area contributed by atoms with Crippen molar-refractivity contribution in [3.8, 4) is 0 Å². The van der Waals surface area contributed by atoms with Crippen LogP contribution in [0.5, 0.6) is 0 Å². The molecule has 1 aromatic carbocycles. The lowest BCUT2D eigenvalue weighted by atomic mass is 9.87. The summed E-state index contributed by atoms with van der Waals surface area (Å²) < 4.78 is 31.0. The second kappa shape index (κ2) is 6.28. The van der Waals surface area contributed by atoms with Crippen LogP contribution < -0.4 is 10.6 Å². The summed E-state index contributed by atoms with van der Waals surface area (Å²) in [4.78, 5) is 12.3. The Morgan fingerprint density at radius 3 is 2.85 bits per heavy atom.